The van der Waals surface area contributed by atoms with Crippen LogP contribution in [0.5, 0.6) is 0 Å². The van der Waals surface area contributed by atoms with Gasteiger partial charge in [-0.2, -0.15) is 0 Å². The van der Waals surface area contributed by atoms with E-state index in [4.69, 9.17) is 23.2 Å². The summed E-state index contributed by atoms with van der Waals surface area (Å²) in [4.78, 5) is 6.97. The van der Waals surface area contributed by atoms with Crippen LogP contribution in [0.25, 0.3) is 0 Å². The SMILES string of the molecule is O=S(=O)(c1ccccc1Cl)C1CCN(c2nc(Cc3ccc(Cl)c(F)c3)cs2)CC1. The fourth-order valence-electron chi connectivity index (χ4n) is 3.59. The first-order valence-corrected chi connectivity index (χ1v) is 12.6. The molecule has 2 heterocycles. The second-order valence-corrected chi connectivity index (χ2v) is 11.1. The van der Waals surface area contributed by atoms with Crippen molar-refractivity contribution in [2.24, 2.45) is 0 Å². The van der Waals surface area contributed by atoms with Gasteiger partial charge in [0.25, 0.3) is 0 Å². The van der Waals surface area contributed by atoms with Gasteiger partial charge in [-0.3, -0.25) is 0 Å². The quantitative estimate of drug-likeness (QED) is 0.471. The largest absolute Gasteiger partial charge is 0.348 e. The van der Waals surface area contributed by atoms with Crippen molar-refractivity contribution in [1.82, 2.24) is 4.98 Å². The minimum absolute atomic E-state index is 0.104. The highest BCUT2D eigenvalue weighted by molar-refractivity contribution is 7.92. The molecule has 0 saturated carbocycles. The molecule has 0 radical (unpaired) electrons. The van der Waals surface area contributed by atoms with Crippen molar-refractivity contribution in [3.8, 4) is 0 Å². The van der Waals surface area contributed by atoms with Gasteiger partial charge in [0, 0.05) is 24.9 Å². The highest BCUT2D eigenvalue weighted by atomic mass is 35.5. The molecule has 1 aliphatic heterocycles. The second kappa shape index (κ2) is 8.83. The van der Waals surface area contributed by atoms with Gasteiger partial charge in [0.2, 0.25) is 0 Å². The summed E-state index contributed by atoms with van der Waals surface area (Å²) in [6.45, 7) is 1.22. The number of sulfone groups is 1. The molecule has 1 aliphatic rings. The maximum Gasteiger partial charge on any atom is 0.185 e. The van der Waals surface area contributed by atoms with Gasteiger partial charge in [0.15, 0.2) is 15.0 Å². The monoisotopic (exact) mass is 484 g/mol. The Hall–Kier alpha value is -1.67. The minimum atomic E-state index is -3.46. The van der Waals surface area contributed by atoms with Gasteiger partial charge in [-0.25, -0.2) is 17.8 Å². The number of thiazole rings is 1. The van der Waals surface area contributed by atoms with Gasteiger partial charge < -0.3 is 4.90 Å². The van der Waals surface area contributed by atoms with E-state index >= 15 is 0 Å². The summed E-state index contributed by atoms with van der Waals surface area (Å²) < 4.78 is 39.6. The third-order valence-electron chi connectivity index (χ3n) is 5.20. The molecule has 0 bridgehead atoms. The van der Waals surface area contributed by atoms with E-state index in [0.717, 1.165) is 16.4 Å². The molecule has 0 atom stereocenters. The molecule has 0 amide bonds. The summed E-state index contributed by atoms with van der Waals surface area (Å²) >= 11 is 13.4. The van der Waals surface area contributed by atoms with Gasteiger partial charge in [-0.1, -0.05) is 41.4 Å². The lowest BCUT2D eigenvalue weighted by Gasteiger charge is -2.31. The number of nitrogens with zero attached hydrogens (tertiary/aromatic N) is 2. The Bertz CT molecular complexity index is 1160. The van der Waals surface area contributed by atoms with Gasteiger partial charge in [0.05, 0.1) is 25.9 Å². The first-order chi connectivity index (χ1) is 14.3. The van der Waals surface area contributed by atoms with Gasteiger partial charge >= 0.3 is 0 Å². The molecular formula is C21H19Cl2FN2O2S2. The van der Waals surface area contributed by atoms with E-state index in [1.54, 1.807) is 36.4 Å². The average Bonchev–Trinajstić information content (AvgIpc) is 3.19. The first kappa shape index (κ1) is 21.6. The van der Waals surface area contributed by atoms with E-state index in [2.05, 4.69) is 9.88 Å². The summed E-state index contributed by atoms with van der Waals surface area (Å²) in [5.74, 6) is -0.438. The maximum atomic E-state index is 13.6. The van der Waals surface area contributed by atoms with E-state index in [0.29, 0.717) is 32.4 Å². The number of benzene rings is 2. The molecule has 30 heavy (non-hydrogen) atoms. The maximum absolute atomic E-state index is 13.6. The Morgan fingerprint density at radius 2 is 1.83 bits per heavy atom. The number of halogens is 3. The highest BCUT2D eigenvalue weighted by Gasteiger charge is 2.33. The predicted molar refractivity (Wildman–Crippen MR) is 120 cm³/mol. The van der Waals surface area contributed by atoms with Crippen LogP contribution in [0.2, 0.25) is 10.0 Å². The second-order valence-electron chi connectivity index (χ2n) is 7.21. The molecule has 2 aromatic carbocycles. The van der Waals surface area contributed by atoms with Crippen LogP contribution in [0.15, 0.2) is 52.7 Å². The Kier molecular flexibility index (Phi) is 6.34. The van der Waals surface area contributed by atoms with Crippen LogP contribution in [-0.4, -0.2) is 31.7 Å². The lowest BCUT2D eigenvalue weighted by Crippen LogP contribution is -2.39. The predicted octanol–water partition coefficient (Wildman–Crippen LogP) is 5.62. The summed E-state index contributed by atoms with van der Waals surface area (Å²) in [5.41, 5.74) is 1.65. The standard InChI is InChI=1S/C21H19Cl2FN2O2S2/c22-17-6-5-14(12-19(17)24)11-15-13-29-21(25-15)26-9-7-16(8-10-26)30(27,28)20-4-2-1-3-18(20)23/h1-6,12-13,16H,7-11H2. The number of rotatable bonds is 5. The molecule has 0 spiro atoms. The summed E-state index contributed by atoms with van der Waals surface area (Å²) in [7, 11) is -3.46. The molecule has 1 aromatic heterocycles. The van der Waals surface area contributed by atoms with E-state index in [1.165, 1.54) is 17.4 Å². The topological polar surface area (TPSA) is 50.3 Å². The zero-order valence-electron chi connectivity index (χ0n) is 15.9. The smallest absolute Gasteiger partial charge is 0.185 e. The van der Waals surface area contributed by atoms with Crippen molar-refractivity contribution in [1.29, 1.82) is 0 Å². The van der Waals surface area contributed by atoms with Gasteiger partial charge in [-0.05, 0) is 42.7 Å². The van der Waals surface area contributed by atoms with Crippen molar-refractivity contribution < 1.29 is 12.8 Å². The summed E-state index contributed by atoms with van der Waals surface area (Å²) in [5, 5.41) is 2.72. The molecule has 9 heteroatoms. The molecule has 1 fully saturated rings. The Morgan fingerprint density at radius 3 is 2.53 bits per heavy atom. The first-order valence-electron chi connectivity index (χ1n) is 9.46. The van der Waals surface area contributed by atoms with Gasteiger partial charge in [-0.15, -0.1) is 11.3 Å². The average molecular weight is 485 g/mol. The molecule has 158 valence electrons. The molecule has 0 aliphatic carbocycles. The lowest BCUT2D eigenvalue weighted by molar-refractivity contribution is 0.529. The molecule has 4 nitrogen and oxygen atoms in total. The van der Waals surface area contributed by atoms with E-state index in [1.807, 2.05) is 5.38 Å². The Morgan fingerprint density at radius 1 is 1.10 bits per heavy atom. The van der Waals surface area contributed by atoms with Gasteiger partial charge in [0.1, 0.15) is 5.82 Å². The molecule has 4 rings (SSSR count). The number of piperidine rings is 1. The molecule has 0 N–H and O–H groups in total. The van der Waals surface area contributed by atoms with Crippen molar-refractivity contribution in [2.75, 3.05) is 18.0 Å². The number of anilines is 1. The normalized spacial score (nSPS) is 15.5. The highest BCUT2D eigenvalue weighted by Crippen LogP contribution is 2.32. The van der Waals surface area contributed by atoms with Crippen LogP contribution in [0.3, 0.4) is 0 Å². The van der Waals surface area contributed by atoms with E-state index < -0.39 is 20.9 Å². The zero-order chi connectivity index (χ0) is 21.3. The molecule has 0 unspecified atom stereocenters. The Labute approximate surface area is 189 Å². The van der Waals surface area contributed by atoms with Crippen LogP contribution >= 0.6 is 34.5 Å². The fourth-order valence-corrected chi connectivity index (χ4v) is 6.85. The molecular weight excluding hydrogens is 466 g/mol. The third kappa shape index (κ3) is 4.49. The van der Waals surface area contributed by atoms with Crippen molar-refractivity contribution >= 4 is 49.5 Å². The summed E-state index contributed by atoms with van der Waals surface area (Å²) in [6, 6.07) is 11.3. The van der Waals surface area contributed by atoms with E-state index in [9.17, 15) is 12.8 Å². The lowest BCUT2D eigenvalue weighted by atomic mass is 10.1. The number of hydrogen-bond acceptors (Lipinski definition) is 5. The summed E-state index contributed by atoms with van der Waals surface area (Å²) in [6.07, 6.45) is 1.55. The molecule has 3 aromatic rings. The third-order valence-corrected chi connectivity index (χ3v) is 9.22. The van der Waals surface area contributed by atoms with E-state index in [-0.39, 0.29) is 14.9 Å². The molecule has 1 saturated heterocycles. The fraction of sp³-hybridized carbons (Fsp3) is 0.286. The van der Waals surface area contributed by atoms with Crippen LogP contribution < -0.4 is 4.90 Å². The van der Waals surface area contributed by atoms with Crippen LogP contribution in [0.4, 0.5) is 9.52 Å². The van der Waals surface area contributed by atoms with Crippen LogP contribution in [0, 0.1) is 5.82 Å². The minimum Gasteiger partial charge on any atom is -0.348 e. The van der Waals surface area contributed by atoms with Crippen molar-refractivity contribution in [3.05, 3.63) is 75.0 Å². The van der Waals surface area contributed by atoms with Crippen LogP contribution in [0.1, 0.15) is 24.1 Å². The number of hydrogen-bond donors (Lipinski definition) is 0. The van der Waals surface area contributed by atoms with Crippen LogP contribution in [-0.2, 0) is 16.3 Å². The number of aromatic nitrogens is 1. The zero-order valence-corrected chi connectivity index (χ0v) is 19.0. The van der Waals surface area contributed by atoms with Crippen molar-refractivity contribution in [2.45, 2.75) is 29.4 Å². The Balaban J connectivity index is 1.41. The van der Waals surface area contributed by atoms with Crippen molar-refractivity contribution in [3.63, 3.8) is 0 Å².